The van der Waals surface area contributed by atoms with E-state index in [1.165, 1.54) is 5.56 Å². The molecule has 0 aliphatic carbocycles. The van der Waals surface area contributed by atoms with Crippen molar-refractivity contribution in [1.82, 2.24) is 25.3 Å². The van der Waals surface area contributed by atoms with Crippen molar-refractivity contribution < 1.29 is 9.32 Å². The lowest BCUT2D eigenvalue weighted by Crippen LogP contribution is -2.52. The Hall–Kier alpha value is -3.42. The molecule has 0 bridgehead atoms. The van der Waals surface area contributed by atoms with E-state index in [0.29, 0.717) is 31.3 Å². The summed E-state index contributed by atoms with van der Waals surface area (Å²) >= 11 is 0. The maximum absolute atomic E-state index is 12.4. The maximum Gasteiger partial charge on any atom is 0.317 e. The Balaban J connectivity index is 1.25. The molecule has 0 spiro atoms. The number of pyridine rings is 1. The van der Waals surface area contributed by atoms with E-state index in [0.717, 1.165) is 30.9 Å². The van der Waals surface area contributed by atoms with Gasteiger partial charge in [-0.2, -0.15) is 4.98 Å². The summed E-state index contributed by atoms with van der Waals surface area (Å²) in [4.78, 5) is 25.5. The standard InChI is InChI=1S/C23H28N6O2/c1-17(2)22-26-21(27-31-22)19-8-9-20(25-16-19)28-12-14-29(15-13-28)23(30)24-11-10-18-6-4-3-5-7-18/h3-9,16-17H,10-15H2,1-2H3,(H,24,30). The Labute approximate surface area is 182 Å². The van der Waals surface area contributed by atoms with Gasteiger partial charge < -0.3 is 19.6 Å². The number of carbonyl (C=O) groups excluding carboxylic acids is 1. The van der Waals surface area contributed by atoms with Crippen LogP contribution < -0.4 is 10.2 Å². The Morgan fingerprint density at radius 3 is 2.52 bits per heavy atom. The van der Waals surface area contributed by atoms with E-state index in [1.54, 1.807) is 6.20 Å². The molecule has 1 aliphatic heterocycles. The molecule has 1 saturated heterocycles. The fourth-order valence-electron chi connectivity index (χ4n) is 3.50. The minimum Gasteiger partial charge on any atom is -0.353 e. The number of carbonyl (C=O) groups is 1. The highest BCUT2D eigenvalue weighted by atomic mass is 16.5. The first-order valence-electron chi connectivity index (χ1n) is 10.7. The van der Waals surface area contributed by atoms with Gasteiger partial charge in [0.2, 0.25) is 11.7 Å². The molecule has 3 heterocycles. The molecule has 4 rings (SSSR count). The van der Waals surface area contributed by atoms with Crippen LogP contribution in [0.1, 0.15) is 31.2 Å². The van der Waals surface area contributed by atoms with Gasteiger partial charge >= 0.3 is 6.03 Å². The molecule has 1 N–H and O–H groups in total. The zero-order chi connectivity index (χ0) is 21.6. The van der Waals surface area contributed by atoms with Crippen molar-refractivity contribution in [2.45, 2.75) is 26.2 Å². The van der Waals surface area contributed by atoms with Crippen molar-refractivity contribution >= 4 is 11.8 Å². The third-order valence-electron chi connectivity index (χ3n) is 5.37. The molecule has 0 unspecified atom stereocenters. The number of piperazine rings is 1. The Morgan fingerprint density at radius 1 is 1.10 bits per heavy atom. The fraction of sp³-hybridized carbons (Fsp3) is 0.391. The molecule has 2 amide bonds. The van der Waals surface area contributed by atoms with E-state index < -0.39 is 0 Å². The van der Waals surface area contributed by atoms with Gasteiger partial charge in [0.1, 0.15) is 5.82 Å². The number of nitrogens with one attached hydrogen (secondary N) is 1. The van der Waals surface area contributed by atoms with Gasteiger partial charge in [-0.3, -0.25) is 0 Å². The second-order valence-corrected chi connectivity index (χ2v) is 7.96. The summed E-state index contributed by atoms with van der Waals surface area (Å²) in [5, 5.41) is 7.05. The Bertz CT molecular complexity index is 979. The van der Waals surface area contributed by atoms with Crippen LogP contribution >= 0.6 is 0 Å². The van der Waals surface area contributed by atoms with Gasteiger partial charge in [0.15, 0.2) is 0 Å². The first-order chi connectivity index (χ1) is 15.1. The molecule has 3 aromatic rings. The summed E-state index contributed by atoms with van der Waals surface area (Å²) in [7, 11) is 0. The normalized spacial score (nSPS) is 14.2. The van der Waals surface area contributed by atoms with Crippen LogP contribution in [-0.4, -0.2) is 58.8 Å². The van der Waals surface area contributed by atoms with Gasteiger partial charge in [-0.1, -0.05) is 49.3 Å². The van der Waals surface area contributed by atoms with Crippen LogP contribution in [0.4, 0.5) is 10.6 Å². The minimum atomic E-state index is -0.00282. The van der Waals surface area contributed by atoms with Crippen molar-refractivity contribution in [2.75, 3.05) is 37.6 Å². The van der Waals surface area contributed by atoms with Gasteiger partial charge in [0.05, 0.1) is 0 Å². The molecule has 8 heteroatoms. The molecule has 8 nitrogen and oxygen atoms in total. The van der Waals surface area contributed by atoms with E-state index >= 15 is 0 Å². The highest BCUT2D eigenvalue weighted by Crippen LogP contribution is 2.21. The zero-order valence-electron chi connectivity index (χ0n) is 18.0. The first kappa shape index (κ1) is 20.8. The lowest BCUT2D eigenvalue weighted by atomic mass is 10.1. The second-order valence-electron chi connectivity index (χ2n) is 7.96. The van der Waals surface area contributed by atoms with Gasteiger partial charge in [-0.15, -0.1) is 0 Å². The molecule has 0 saturated carbocycles. The average molecular weight is 421 g/mol. The summed E-state index contributed by atoms with van der Waals surface area (Å²) in [6, 6.07) is 14.1. The molecule has 1 aromatic carbocycles. The highest BCUT2D eigenvalue weighted by molar-refractivity contribution is 5.74. The topological polar surface area (TPSA) is 87.4 Å². The van der Waals surface area contributed by atoms with E-state index in [-0.39, 0.29) is 11.9 Å². The molecular weight excluding hydrogens is 392 g/mol. The van der Waals surface area contributed by atoms with Crippen molar-refractivity contribution in [3.63, 3.8) is 0 Å². The van der Waals surface area contributed by atoms with Gasteiger partial charge in [0.25, 0.3) is 0 Å². The van der Waals surface area contributed by atoms with Crippen molar-refractivity contribution in [3.05, 3.63) is 60.1 Å². The highest BCUT2D eigenvalue weighted by Gasteiger charge is 2.22. The fourth-order valence-corrected chi connectivity index (χ4v) is 3.50. The molecule has 31 heavy (non-hydrogen) atoms. The number of rotatable bonds is 6. The quantitative estimate of drug-likeness (QED) is 0.658. The molecule has 1 fully saturated rings. The monoisotopic (exact) mass is 420 g/mol. The third kappa shape index (κ3) is 5.20. The van der Waals surface area contributed by atoms with E-state index in [1.807, 2.05) is 49.1 Å². The number of hydrogen-bond acceptors (Lipinski definition) is 6. The van der Waals surface area contributed by atoms with Gasteiger partial charge in [-0.25, -0.2) is 9.78 Å². The third-order valence-corrected chi connectivity index (χ3v) is 5.37. The van der Waals surface area contributed by atoms with E-state index in [2.05, 4.69) is 37.5 Å². The summed E-state index contributed by atoms with van der Waals surface area (Å²) in [6.45, 7) is 7.51. The van der Waals surface area contributed by atoms with Gasteiger partial charge in [-0.05, 0) is 24.1 Å². The SMILES string of the molecule is CC(C)c1nc(-c2ccc(N3CCN(C(=O)NCCc4ccccc4)CC3)nc2)no1. The van der Waals surface area contributed by atoms with Gasteiger partial charge in [0, 0.05) is 50.4 Å². The molecule has 1 aliphatic rings. The molecule has 0 atom stereocenters. The number of hydrogen-bond donors (Lipinski definition) is 1. The molecule has 0 radical (unpaired) electrons. The number of benzene rings is 1. The summed E-state index contributed by atoms with van der Waals surface area (Å²) < 4.78 is 5.27. The predicted molar refractivity (Wildman–Crippen MR) is 119 cm³/mol. The molecule has 162 valence electrons. The van der Waals surface area contributed by atoms with Crippen molar-refractivity contribution in [1.29, 1.82) is 0 Å². The number of amides is 2. The predicted octanol–water partition coefficient (Wildman–Crippen LogP) is 3.33. The maximum atomic E-state index is 12.4. The summed E-state index contributed by atoms with van der Waals surface area (Å²) in [5.41, 5.74) is 2.05. The molecule has 2 aromatic heterocycles. The Morgan fingerprint density at radius 2 is 1.87 bits per heavy atom. The van der Waals surface area contributed by atoms with Crippen LogP contribution in [0.3, 0.4) is 0 Å². The smallest absolute Gasteiger partial charge is 0.317 e. The van der Waals surface area contributed by atoms with E-state index in [9.17, 15) is 4.79 Å². The Kier molecular flexibility index (Phi) is 6.45. The van der Waals surface area contributed by atoms with Crippen molar-refractivity contribution in [3.8, 4) is 11.4 Å². The number of nitrogens with zero attached hydrogens (tertiary/aromatic N) is 5. The van der Waals surface area contributed by atoms with Crippen molar-refractivity contribution in [2.24, 2.45) is 0 Å². The number of aromatic nitrogens is 3. The first-order valence-corrected chi connectivity index (χ1v) is 10.7. The second kappa shape index (κ2) is 9.59. The molecular formula is C23H28N6O2. The van der Waals surface area contributed by atoms with Crippen LogP contribution in [0.5, 0.6) is 0 Å². The summed E-state index contributed by atoms with van der Waals surface area (Å²) in [6.07, 6.45) is 2.61. The van der Waals surface area contributed by atoms with E-state index in [4.69, 9.17) is 4.52 Å². The largest absolute Gasteiger partial charge is 0.353 e. The number of anilines is 1. The zero-order valence-corrected chi connectivity index (χ0v) is 18.0. The average Bonchev–Trinajstić information content (AvgIpc) is 3.31. The van der Waals surface area contributed by atoms with Crippen LogP contribution in [-0.2, 0) is 6.42 Å². The number of urea groups is 1. The van der Waals surface area contributed by atoms with Crippen LogP contribution in [0.2, 0.25) is 0 Å². The van der Waals surface area contributed by atoms with Crippen LogP contribution in [0.25, 0.3) is 11.4 Å². The lowest BCUT2D eigenvalue weighted by molar-refractivity contribution is 0.194. The summed E-state index contributed by atoms with van der Waals surface area (Å²) in [5.74, 6) is 2.26. The van der Waals surface area contributed by atoms with Crippen LogP contribution in [0.15, 0.2) is 53.2 Å². The minimum absolute atomic E-state index is 0.00282. The lowest BCUT2D eigenvalue weighted by Gasteiger charge is -2.35. The van der Waals surface area contributed by atoms with Crippen LogP contribution in [0, 0.1) is 0 Å².